The zero-order chi connectivity index (χ0) is 15.1. The standard InChI is InChI=1S/C18H27NO2/c1-14(18(20)21)16-11-9-15(10-12-16)13-19-17-7-5-3-2-4-6-8-17/h9-12,14,17,19H,2-8,13H2,1H3,(H,20,21). The van der Waals surface area contributed by atoms with Crippen molar-refractivity contribution in [2.24, 2.45) is 0 Å². The molecule has 0 saturated heterocycles. The highest BCUT2D eigenvalue weighted by Crippen LogP contribution is 2.19. The normalized spacial score (nSPS) is 18.7. The number of benzene rings is 1. The van der Waals surface area contributed by atoms with Crippen molar-refractivity contribution < 1.29 is 9.90 Å². The van der Waals surface area contributed by atoms with Crippen LogP contribution < -0.4 is 5.32 Å². The second-order valence-electron chi connectivity index (χ2n) is 6.22. The predicted octanol–water partition coefficient (Wildman–Crippen LogP) is 4.08. The number of hydrogen-bond acceptors (Lipinski definition) is 2. The lowest BCUT2D eigenvalue weighted by Gasteiger charge is -2.21. The van der Waals surface area contributed by atoms with Gasteiger partial charge in [-0.25, -0.2) is 0 Å². The molecule has 2 N–H and O–H groups in total. The van der Waals surface area contributed by atoms with E-state index in [1.807, 2.05) is 24.3 Å². The molecule has 0 aromatic heterocycles. The van der Waals surface area contributed by atoms with Gasteiger partial charge in [0, 0.05) is 12.6 Å². The van der Waals surface area contributed by atoms with Crippen LogP contribution in [-0.2, 0) is 11.3 Å². The highest BCUT2D eigenvalue weighted by Gasteiger charge is 2.13. The smallest absolute Gasteiger partial charge is 0.310 e. The van der Waals surface area contributed by atoms with Crippen molar-refractivity contribution in [3.05, 3.63) is 35.4 Å². The lowest BCUT2D eigenvalue weighted by molar-refractivity contribution is -0.138. The molecule has 1 fully saturated rings. The minimum atomic E-state index is -0.768. The summed E-state index contributed by atoms with van der Waals surface area (Å²) in [5.74, 6) is -1.20. The fraction of sp³-hybridized carbons (Fsp3) is 0.611. The molecule has 1 saturated carbocycles. The van der Waals surface area contributed by atoms with Gasteiger partial charge >= 0.3 is 5.97 Å². The highest BCUT2D eigenvalue weighted by molar-refractivity contribution is 5.75. The first kappa shape index (κ1) is 16.0. The Bertz CT molecular complexity index is 433. The van der Waals surface area contributed by atoms with E-state index < -0.39 is 11.9 Å². The van der Waals surface area contributed by atoms with Crippen LogP contribution in [0.3, 0.4) is 0 Å². The second kappa shape index (κ2) is 8.18. The summed E-state index contributed by atoms with van der Waals surface area (Å²) in [6.07, 6.45) is 9.40. The van der Waals surface area contributed by atoms with Gasteiger partial charge in [-0.3, -0.25) is 4.79 Å². The molecule has 2 rings (SSSR count). The Kier molecular flexibility index (Phi) is 6.24. The van der Waals surface area contributed by atoms with Crippen LogP contribution in [0.25, 0.3) is 0 Å². The molecule has 21 heavy (non-hydrogen) atoms. The Morgan fingerprint density at radius 2 is 1.71 bits per heavy atom. The summed E-state index contributed by atoms with van der Waals surface area (Å²) in [5.41, 5.74) is 2.11. The lowest BCUT2D eigenvalue weighted by Crippen LogP contribution is -2.29. The quantitative estimate of drug-likeness (QED) is 0.858. The van der Waals surface area contributed by atoms with E-state index in [9.17, 15) is 4.79 Å². The van der Waals surface area contributed by atoms with Gasteiger partial charge in [0.1, 0.15) is 0 Å². The van der Waals surface area contributed by atoms with Gasteiger partial charge in [-0.05, 0) is 30.9 Å². The first-order valence-corrected chi connectivity index (χ1v) is 8.22. The number of carbonyl (C=O) groups is 1. The minimum Gasteiger partial charge on any atom is -0.481 e. The zero-order valence-corrected chi connectivity index (χ0v) is 13.0. The molecule has 1 aromatic carbocycles. The number of carboxylic acids is 1. The first-order valence-electron chi connectivity index (χ1n) is 8.22. The number of hydrogen-bond donors (Lipinski definition) is 2. The molecule has 0 heterocycles. The number of nitrogens with one attached hydrogen (secondary N) is 1. The van der Waals surface area contributed by atoms with Crippen molar-refractivity contribution in [1.82, 2.24) is 5.32 Å². The molecule has 3 nitrogen and oxygen atoms in total. The van der Waals surface area contributed by atoms with E-state index >= 15 is 0 Å². The van der Waals surface area contributed by atoms with E-state index in [0.717, 1.165) is 12.1 Å². The van der Waals surface area contributed by atoms with E-state index in [2.05, 4.69) is 5.32 Å². The minimum absolute atomic E-state index is 0.433. The third-order valence-electron chi connectivity index (χ3n) is 4.55. The van der Waals surface area contributed by atoms with Crippen molar-refractivity contribution >= 4 is 5.97 Å². The van der Waals surface area contributed by atoms with Crippen LogP contribution in [0.1, 0.15) is 68.9 Å². The number of carboxylic acid groups (broad SMARTS) is 1. The topological polar surface area (TPSA) is 49.3 Å². The molecule has 0 amide bonds. The number of aliphatic carboxylic acids is 1. The Hall–Kier alpha value is -1.35. The maximum atomic E-state index is 11.0. The van der Waals surface area contributed by atoms with Gasteiger partial charge in [0.25, 0.3) is 0 Å². The molecule has 0 radical (unpaired) electrons. The predicted molar refractivity (Wildman–Crippen MR) is 85.4 cm³/mol. The second-order valence-corrected chi connectivity index (χ2v) is 6.22. The van der Waals surface area contributed by atoms with Gasteiger partial charge in [0.05, 0.1) is 5.92 Å². The molecule has 1 aromatic rings. The fourth-order valence-electron chi connectivity index (χ4n) is 2.99. The Morgan fingerprint density at radius 1 is 1.14 bits per heavy atom. The van der Waals surface area contributed by atoms with Crippen molar-refractivity contribution in [1.29, 1.82) is 0 Å². The summed E-state index contributed by atoms with van der Waals surface area (Å²) in [5, 5.41) is 12.7. The van der Waals surface area contributed by atoms with E-state index in [0.29, 0.717) is 6.04 Å². The third kappa shape index (κ3) is 5.16. The Balaban J connectivity index is 1.83. The Morgan fingerprint density at radius 3 is 2.29 bits per heavy atom. The van der Waals surface area contributed by atoms with Gasteiger partial charge in [-0.2, -0.15) is 0 Å². The monoisotopic (exact) mass is 289 g/mol. The zero-order valence-electron chi connectivity index (χ0n) is 13.0. The van der Waals surface area contributed by atoms with Crippen LogP contribution in [0.4, 0.5) is 0 Å². The fourth-order valence-corrected chi connectivity index (χ4v) is 2.99. The maximum Gasteiger partial charge on any atom is 0.310 e. The van der Waals surface area contributed by atoms with Crippen LogP contribution in [0.2, 0.25) is 0 Å². The Labute approximate surface area is 127 Å². The third-order valence-corrected chi connectivity index (χ3v) is 4.55. The first-order chi connectivity index (χ1) is 10.2. The summed E-state index contributed by atoms with van der Waals surface area (Å²) >= 11 is 0. The van der Waals surface area contributed by atoms with Gasteiger partial charge in [0.15, 0.2) is 0 Å². The van der Waals surface area contributed by atoms with E-state index in [1.165, 1.54) is 50.5 Å². The molecule has 116 valence electrons. The van der Waals surface area contributed by atoms with Crippen molar-refractivity contribution in [3.8, 4) is 0 Å². The maximum absolute atomic E-state index is 11.0. The molecule has 3 heteroatoms. The molecule has 0 bridgehead atoms. The summed E-state index contributed by atoms with van der Waals surface area (Å²) < 4.78 is 0. The SMILES string of the molecule is CC(C(=O)O)c1ccc(CNC2CCCCCCC2)cc1. The molecular weight excluding hydrogens is 262 g/mol. The molecule has 1 aliphatic rings. The summed E-state index contributed by atoms with van der Waals surface area (Å²) in [6, 6.07) is 8.61. The van der Waals surface area contributed by atoms with Crippen LogP contribution in [0, 0.1) is 0 Å². The average Bonchev–Trinajstić information content (AvgIpc) is 2.46. The van der Waals surface area contributed by atoms with Crippen LogP contribution in [0.15, 0.2) is 24.3 Å². The average molecular weight is 289 g/mol. The molecule has 0 spiro atoms. The van der Waals surface area contributed by atoms with Gasteiger partial charge in [-0.15, -0.1) is 0 Å². The summed E-state index contributed by atoms with van der Waals surface area (Å²) in [7, 11) is 0. The largest absolute Gasteiger partial charge is 0.481 e. The molecular formula is C18H27NO2. The molecule has 1 atom stereocenters. The van der Waals surface area contributed by atoms with Crippen LogP contribution in [0.5, 0.6) is 0 Å². The number of rotatable bonds is 5. The van der Waals surface area contributed by atoms with Crippen LogP contribution >= 0.6 is 0 Å². The summed E-state index contributed by atoms with van der Waals surface area (Å²) in [6.45, 7) is 2.61. The van der Waals surface area contributed by atoms with Crippen molar-refractivity contribution in [2.45, 2.75) is 70.4 Å². The van der Waals surface area contributed by atoms with Gasteiger partial charge in [-0.1, -0.05) is 56.4 Å². The van der Waals surface area contributed by atoms with E-state index in [1.54, 1.807) is 6.92 Å². The molecule has 0 aliphatic heterocycles. The summed E-state index contributed by atoms with van der Waals surface area (Å²) in [4.78, 5) is 11.0. The van der Waals surface area contributed by atoms with E-state index in [4.69, 9.17) is 5.11 Å². The lowest BCUT2D eigenvalue weighted by atomic mass is 9.96. The van der Waals surface area contributed by atoms with Crippen molar-refractivity contribution in [2.75, 3.05) is 0 Å². The molecule has 1 unspecified atom stereocenters. The van der Waals surface area contributed by atoms with Gasteiger partial charge < -0.3 is 10.4 Å². The van der Waals surface area contributed by atoms with Crippen LogP contribution in [-0.4, -0.2) is 17.1 Å². The molecule has 1 aliphatic carbocycles. The van der Waals surface area contributed by atoms with Gasteiger partial charge in [0.2, 0.25) is 0 Å². The van der Waals surface area contributed by atoms with Crippen molar-refractivity contribution in [3.63, 3.8) is 0 Å². The van der Waals surface area contributed by atoms with E-state index in [-0.39, 0.29) is 0 Å². The highest BCUT2D eigenvalue weighted by atomic mass is 16.4.